The van der Waals surface area contributed by atoms with Gasteiger partial charge in [0.25, 0.3) is 0 Å². The number of anilines is 1. The van der Waals surface area contributed by atoms with Gasteiger partial charge in [0, 0.05) is 6.07 Å². The van der Waals surface area contributed by atoms with Crippen LogP contribution in [-0.2, 0) is 21.2 Å². The maximum Gasteiger partial charge on any atom is 0.243 e. The Labute approximate surface area is 135 Å². The fraction of sp³-hybridized carbons (Fsp3) is 0.333. The Kier molecular flexibility index (Phi) is 5.51. The van der Waals surface area contributed by atoms with Gasteiger partial charge in [-0.15, -0.1) is 0 Å². The van der Waals surface area contributed by atoms with Crippen LogP contribution in [0, 0.1) is 6.92 Å². The van der Waals surface area contributed by atoms with Gasteiger partial charge in [0.05, 0.1) is 11.8 Å². The first-order valence-corrected chi connectivity index (χ1v) is 8.79. The van der Waals surface area contributed by atoms with Crippen LogP contribution in [0.5, 0.6) is 0 Å². The SMILES string of the molecule is Cc1cc(NC(=O)[C@@H](C)NS(=O)(=O)CCc2ccccc2)no1. The molecule has 7 nitrogen and oxygen atoms in total. The molecule has 124 valence electrons. The van der Waals surface area contributed by atoms with Crippen molar-refractivity contribution >= 4 is 21.7 Å². The zero-order valence-corrected chi connectivity index (χ0v) is 13.8. The molecule has 1 heterocycles. The average Bonchev–Trinajstić information content (AvgIpc) is 2.91. The highest BCUT2D eigenvalue weighted by Gasteiger charge is 2.21. The summed E-state index contributed by atoms with van der Waals surface area (Å²) in [5.41, 5.74) is 0.924. The van der Waals surface area contributed by atoms with Crippen molar-refractivity contribution in [3.63, 3.8) is 0 Å². The van der Waals surface area contributed by atoms with E-state index in [1.807, 2.05) is 30.3 Å². The summed E-state index contributed by atoms with van der Waals surface area (Å²) in [6, 6.07) is 9.93. The minimum Gasteiger partial charge on any atom is -0.360 e. The van der Waals surface area contributed by atoms with Crippen LogP contribution in [0.2, 0.25) is 0 Å². The number of aryl methyl sites for hydroxylation is 2. The first-order valence-electron chi connectivity index (χ1n) is 7.14. The third-order valence-corrected chi connectivity index (χ3v) is 4.59. The maximum atomic E-state index is 12.1. The first kappa shape index (κ1) is 17.2. The second-order valence-corrected chi connectivity index (χ2v) is 7.08. The molecule has 0 radical (unpaired) electrons. The van der Waals surface area contributed by atoms with Gasteiger partial charge < -0.3 is 9.84 Å². The molecule has 2 rings (SSSR count). The lowest BCUT2D eigenvalue weighted by Crippen LogP contribution is -2.42. The summed E-state index contributed by atoms with van der Waals surface area (Å²) >= 11 is 0. The zero-order chi connectivity index (χ0) is 16.9. The molecule has 0 bridgehead atoms. The van der Waals surface area contributed by atoms with Gasteiger partial charge in [-0.1, -0.05) is 35.5 Å². The smallest absolute Gasteiger partial charge is 0.243 e. The van der Waals surface area contributed by atoms with Gasteiger partial charge in [-0.2, -0.15) is 0 Å². The highest BCUT2D eigenvalue weighted by molar-refractivity contribution is 7.89. The molecule has 0 saturated carbocycles. The lowest BCUT2D eigenvalue weighted by molar-refractivity contribution is -0.117. The number of carbonyl (C=O) groups excluding carboxylic acids is 1. The molecule has 0 saturated heterocycles. The van der Waals surface area contributed by atoms with Gasteiger partial charge in [-0.05, 0) is 25.8 Å². The molecule has 8 heteroatoms. The van der Waals surface area contributed by atoms with Crippen LogP contribution in [0.25, 0.3) is 0 Å². The van der Waals surface area contributed by atoms with Crippen LogP contribution in [0.4, 0.5) is 5.82 Å². The number of nitrogens with one attached hydrogen (secondary N) is 2. The van der Waals surface area contributed by atoms with E-state index >= 15 is 0 Å². The standard InChI is InChI=1S/C15H19N3O4S/c1-11-10-14(17-22-11)16-15(19)12(2)18-23(20,21)9-8-13-6-4-3-5-7-13/h3-7,10,12,18H,8-9H2,1-2H3,(H,16,17,19)/t12-/m1/s1. The van der Waals surface area contributed by atoms with Crippen LogP contribution in [0.3, 0.4) is 0 Å². The second-order valence-electron chi connectivity index (χ2n) is 5.21. The number of hydrogen-bond donors (Lipinski definition) is 2. The molecular weight excluding hydrogens is 318 g/mol. The van der Waals surface area contributed by atoms with E-state index in [9.17, 15) is 13.2 Å². The Balaban J connectivity index is 1.87. The molecule has 2 N–H and O–H groups in total. The van der Waals surface area contributed by atoms with Gasteiger partial charge in [0.1, 0.15) is 5.76 Å². The minimum absolute atomic E-state index is 0.0856. The number of rotatable bonds is 7. The largest absolute Gasteiger partial charge is 0.360 e. The Morgan fingerprint density at radius 1 is 1.30 bits per heavy atom. The summed E-state index contributed by atoms with van der Waals surface area (Å²) in [4.78, 5) is 12.0. The van der Waals surface area contributed by atoms with Gasteiger partial charge in [-0.3, -0.25) is 4.79 Å². The molecule has 0 aliphatic heterocycles. The topological polar surface area (TPSA) is 101 Å². The number of benzene rings is 1. The summed E-state index contributed by atoms with van der Waals surface area (Å²) in [6.45, 7) is 3.17. The van der Waals surface area contributed by atoms with Crippen molar-refractivity contribution in [3.8, 4) is 0 Å². The summed E-state index contributed by atoms with van der Waals surface area (Å²) in [5.74, 6) is 0.221. The van der Waals surface area contributed by atoms with Gasteiger partial charge in [-0.25, -0.2) is 13.1 Å². The molecule has 0 spiro atoms. The molecule has 0 aliphatic carbocycles. The van der Waals surface area contributed by atoms with Gasteiger partial charge >= 0.3 is 0 Å². The summed E-state index contributed by atoms with van der Waals surface area (Å²) in [5, 5.41) is 6.11. The van der Waals surface area contributed by atoms with Crippen LogP contribution >= 0.6 is 0 Å². The van der Waals surface area contributed by atoms with E-state index in [2.05, 4.69) is 15.2 Å². The highest BCUT2D eigenvalue weighted by atomic mass is 32.2. The molecular formula is C15H19N3O4S. The van der Waals surface area contributed by atoms with E-state index in [0.717, 1.165) is 5.56 Å². The first-order chi connectivity index (χ1) is 10.9. The normalized spacial score (nSPS) is 12.8. The highest BCUT2D eigenvalue weighted by Crippen LogP contribution is 2.08. The summed E-state index contributed by atoms with van der Waals surface area (Å²) in [7, 11) is -3.57. The maximum absolute atomic E-state index is 12.1. The molecule has 0 aliphatic rings. The van der Waals surface area contributed by atoms with E-state index in [4.69, 9.17) is 4.52 Å². The number of amides is 1. The molecule has 2 aromatic rings. The second kappa shape index (κ2) is 7.38. The monoisotopic (exact) mass is 337 g/mol. The Bertz CT molecular complexity index is 756. The van der Waals surface area contributed by atoms with E-state index < -0.39 is 22.0 Å². The number of aromatic nitrogens is 1. The van der Waals surface area contributed by atoms with Crippen molar-refractivity contribution in [2.75, 3.05) is 11.1 Å². The molecule has 23 heavy (non-hydrogen) atoms. The van der Waals surface area contributed by atoms with Crippen LogP contribution < -0.4 is 10.0 Å². The Hall–Kier alpha value is -2.19. The molecule has 1 amide bonds. The van der Waals surface area contributed by atoms with E-state index in [-0.39, 0.29) is 11.6 Å². The molecule has 0 fully saturated rings. The molecule has 1 atom stereocenters. The van der Waals surface area contributed by atoms with Crippen LogP contribution in [0.15, 0.2) is 40.9 Å². The van der Waals surface area contributed by atoms with Crippen molar-refractivity contribution in [2.45, 2.75) is 26.3 Å². The Morgan fingerprint density at radius 3 is 2.61 bits per heavy atom. The van der Waals surface area contributed by atoms with Crippen molar-refractivity contribution < 1.29 is 17.7 Å². The van der Waals surface area contributed by atoms with E-state index in [1.54, 1.807) is 13.0 Å². The molecule has 0 unspecified atom stereocenters. The number of carbonyl (C=O) groups is 1. The molecule has 1 aromatic carbocycles. The quantitative estimate of drug-likeness (QED) is 0.797. The zero-order valence-electron chi connectivity index (χ0n) is 12.9. The predicted molar refractivity (Wildman–Crippen MR) is 86.4 cm³/mol. The van der Waals surface area contributed by atoms with E-state index in [1.165, 1.54) is 6.92 Å². The van der Waals surface area contributed by atoms with Crippen molar-refractivity contribution in [1.82, 2.24) is 9.88 Å². The van der Waals surface area contributed by atoms with Crippen LogP contribution in [0.1, 0.15) is 18.2 Å². The minimum atomic E-state index is -3.57. The number of hydrogen-bond acceptors (Lipinski definition) is 5. The van der Waals surface area contributed by atoms with E-state index in [0.29, 0.717) is 12.2 Å². The lowest BCUT2D eigenvalue weighted by atomic mass is 10.2. The van der Waals surface area contributed by atoms with Crippen molar-refractivity contribution in [3.05, 3.63) is 47.7 Å². The third kappa shape index (κ3) is 5.50. The molecule has 1 aromatic heterocycles. The summed E-state index contributed by atoms with van der Waals surface area (Å²) in [6.07, 6.45) is 0.382. The fourth-order valence-corrected chi connectivity index (χ4v) is 3.21. The fourth-order valence-electron chi connectivity index (χ4n) is 1.94. The van der Waals surface area contributed by atoms with Gasteiger partial charge in [0.2, 0.25) is 15.9 Å². The lowest BCUT2D eigenvalue weighted by Gasteiger charge is -2.13. The number of nitrogens with zero attached hydrogens (tertiary/aromatic N) is 1. The predicted octanol–water partition coefficient (Wildman–Crippen LogP) is 1.47. The third-order valence-electron chi connectivity index (χ3n) is 3.13. The van der Waals surface area contributed by atoms with Crippen molar-refractivity contribution in [1.29, 1.82) is 0 Å². The van der Waals surface area contributed by atoms with Crippen LogP contribution in [-0.4, -0.2) is 31.3 Å². The van der Waals surface area contributed by atoms with Crippen molar-refractivity contribution in [2.24, 2.45) is 0 Å². The number of sulfonamides is 1. The Morgan fingerprint density at radius 2 is 2.00 bits per heavy atom. The summed E-state index contributed by atoms with van der Waals surface area (Å²) < 4.78 is 31.3. The average molecular weight is 337 g/mol. The van der Waals surface area contributed by atoms with Gasteiger partial charge in [0.15, 0.2) is 5.82 Å².